The number of carbonyl (C=O) groups is 1. The Bertz CT molecular complexity index is 1100. The number of likely N-dealkylation sites (tertiary alicyclic amines) is 1. The third-order valence-electron chi connectivity index (χ3n) is 5.80. The zero-order valence-corrected chi connectivity index (χ0v) is 15.7. The molecule has 0 saturated carbocycles. The lowest BCUT2D eigenvalue weighted by Crippen LogP contribution is -2.49. The summed E-state index contributed by atoms with van der Waals surface area (Å²) in [5.41, 5.74) is 3.39. The fourth-order valence-electron chi connectivity index (χ4n) is 4.55. The van der Waals surface area contributed by atoms with Crippen LogP contribution in [0.2, 0.25) is 0 Å². The van der Waals surface area contributed by atoms with Crippen molar-refractivity contribution in [1.29, 1.82) is 0 Å². The number of hydrogen-bond acceptors (Lipinski definition) is 4. The highest BCUT2D eigenvalue weighted by molar-refractivity contribution is 5.92. The van der Waals surface area contributed by atoms with Crippen molar-refractivity contribution in [2.75, 3.05) is 13.1 Å². The molecule has 1 amide bonds. The predicted molar refractivity (Wildman–Crippen MR) is 104 cm³/mol. The molecule has 0 N–H and O–H groups in total. The largest absolute Gasteiger partial charge is 0.361 e. The minimum absolute atomic E-state index is 0.0398. The van der Waals surface area contributed by atoms with Crippen LogP contribution in [0, 0.1) is 12.8 Å². The Hall–Kier alpha value is -3.15. The summed E-state index contributed by atoms with van der Waals surface area (Å²) in [5.74, 6) is 0.968. The number of aromatic nitrogens is 2. The van der Waals surface area contributed by atoms with Crippen LogP contribution in [0.4, 0.5) is 0 Å². The third kappa shape index (κ3) is 2.85. The normalized spacial score (nSPS) is 20.7. The molecular weight excluding hydrogens is 354 g/mol. The van der Waals surface area contributed by atoms with Crippen molar-refractivity contribution in [3.8, 4) is 11.1 Å². The summed E-state index contributed by atoms with van der Waals surface area (Å²) in [5, 5.41) is 3.88. The Labute approximate surface area is 162 Å². The average Bonchev–Trinajstić information content (AvgIpc) is 3.15. The highest BCUT2D eigenvalue weighted by atomic mass is 16.5. The maximum absolute atomic E-state index is 12.8. The molecule has 2 aliphatic rings. The van der Waals surface area contributed by atoms with Gasteiger partial charge >= 0.3 is 0 Å². The molecule has 0 spiro atoms. The summed E-state index contributed by atoms with van der Waals surface area (Å²) >= 11 is 0. The molecule has 0 aliphatic carbocycles. The maximum atomic E-state index is 12.8. The van der Waals surface area contributed by atoms with Crippen molar-refractivity contribution in [1.82, 2.24) is 14.6 Å². The molecular formula is C22H21N3O3. The van der Waals surface area contributed by atoms with Gasteiger partial charge < -0.3 is 14.0 Å². The van der Waals surface area contributed by atoms with E-state index in [-0.39, 0.29) is 23.3 Å². The minimum Gasteiger partial charge on any atom is -0.361 e. The quantitative estimate of drug-likeness (QED) is 0.690. The number of pyridine rings is 1. The van der Waals surface area contributed by atoms with Crippen molar-refractivity contribution in [3.05, 3.63) is 76.0 Å². The number of amides is 1. The van der Waals surface area contributed by atoms with E-state index >= 15 is 0 Å². The van der Waals surface area contributed by atoms with Crippen LogP contribution >= 0.6 is 0 Å². The van der Waals surface area contributed by atoms with E-state index in [1.54, 1.807) is 19.1 Å². The molecule has 142 valence electrons. The molecule has 1 aromatic carbocycles. The molecule has 2 aliphatic heterocycles. The van der Waals surface area contributed by atoms with Gasteiger partial charge in [-0.2, -0.15) is 0 Å². The number of aryl methyl sites for hydroxylation is 1. The summed E-state index contributed by atoms with van der Waals surface area (Å²) in [4.78, 5) is 27.5. The standard InChI is InChI=1S/C22H21N3O3/c1-14-7-19(23-28-14)22(27)24-11-15-8-18(13-24)20-9-17(10-21(26)25(20)12-15)16-5-3-2-4-6-16/h2-7,9-10,15,18H,8,11-13H2,1H3/t15-,18+/m0/s1. The lowest BCUT2D eigenvalue weighted by atomic mass is 9.82. The molecule has 1 saturated heterocycles. The van der Waals surface area contributed by atoms with Gasteiger partial charge in [0.15, 0.2) is 5.69 Å². The Morgan fingerprint density at radius 1 is 1.07 bits per heavy atom. The highest BCUT2D eigenvalue weighted by Crippen LogP contribution is 2.37. The lowest BCUT2D eigenvalue weighted by Gasteiger charge is -2.42. The third-order valence-corrected chi connectivity index (χ3v) is 5.80. The Morgan fingerprint density at radius 3 is 2.64 bits per heavy atom. The molecule has 3 aromatic rings. The number of rotatable bonds is 2. The van der Waals surface area contributed by atoms with Crippen LogP contribution in [0.3, 0.4) is 0 Å². The number of benzene rings is 1. The molecule has 2 aromatic heterocycles. The van der Waals surface area contributed by atoms with Gasteiger partial charge in [0, 0.05) is 43.4 Å². The Morgan fingerprint density at radius 2 is 1.89 bits per heavy atom. The zero-order valence-electron chi connectivity index (χ0n) is 15.7. The molecule has 2 bridgehead atoms. The molecule has 6 nitrogen and oxygen atoms in total. The van der Waals surface area contributed by atoms with Crippen LogP contribution in [0.5, 0.6) is 0 Å². The van der Waals surface area contributed by atoms with Crippen molar-refractivity contribution in [2.45, 2.75) is 25.8 Å². The van der Waals surface area contributed by atoms with Crippen LogP contribution in [0.1, 0.15) is 34.3 Å². The van der Waals surface area contributed by atoms with Crippen LogP contribution in [-0.4, -0.2) is 33.6 Å². The summed E-state index contributed by atoms with van der Waals surface area (Å²) in [6.45, 7) is 3.68. The SMILES string of the molecule is Cc1cc(C(=O)N2C[C@@H]3C[C@H](C2)c2cc(-c4ccccc4)cc(=O)n2C3)no1. The van der Waals surface area contributed by atoms with Gasteiger partial charge in [-0.25, -0.2) is 0 Å². The first-order chi connectivity index (χ1) is 13.6. The van der Waals surface area contributed by atoms with Crippen molar-refractivity contribution >= 4 is 5.91 Å². The molecule has 4 heterocycles. The molecule has 2 atom stereocenters. The van der Waals surface area contributed by atoms with E-state index in [1.165, 1.54) is 0 Å². The van der Waals surface area contributed by atoms with Gasteiger partial charge in [-0.05, 0) is 36.5 Å². The van der Waals surface area contributed by atoms with E-state index in [0.29, 0.717) is 31.1 Å². The van der Waals surface area contributed by atoms with E-state index in [4.69, 9.17) is 4.52 Å². The number of piperidine rings is 1. The summed E-state index contributed by atoms with van der Waals surface area (Å²) < 4.78 is 6.96. The zero-order chi connectivity index (χ0) is 19.3. The van der Waals surface area contributed by atoms with E-state index < -0.39 is 0 Å². The van der Waals surface area contributed by atoms with Gasteiger partial charge in [0.1, 0.15) is 5.76 Å². The fraction of sp³-hybridized carbons (Fsp3) is 0.318. The molecule has 6 heteroatoms. The molecule has 0 unspecified atom stereocenters. The van der Waals surface area contributed by atoms with Gasteiger partial charge in [0.2, 0.25) is 0 Å². The fourth-order valence-corrected chi connectivity index (χ4v) is 4.55. The lowest BCUT2D eigenvalue weighted by molar-refractivity contribution is 0.0584. The number of hydrogen-bond donors (Lipinski definition) is 0. The second-order valence-electron chi connectivity index (χ2n) is 7.82. The van der Waals surface area contributed by atoms with Crippen molar-refractivity contribution in [3.63, 3.8) is 0 Å². The number of fused-ring (bicyclic) bond motifs is 4. The first kappa shape index (κ1) is 17.0. The number of nitrogens with zero attached hydrogens (tertiary/aromatic N) is 3. The number of carbonyl (C=O) groups excluding carboxylic acids is 1. The first-order valence-corrected chi connectivity index (χ1v) is 9.61. The Balaban J connectivity index is 1.49. The van der Waals surface area contributed by atoms with Gasteiger partial charge in [-0.15, -0.1) is 0 Å². The van der Waals surface area contributed by atoms with E-state index in [0.717, 1.165) is 23.2 Å². The Kier molecular flexibility index (Phi) is 3.93. The van der Waals surface area contributed by atoms with E-state index in [9.17, 15) is 9.59 Å². The van der Waals surface area contributed by atoms with Crippen LogP contribution in [0.25, 0.3) is 11.1 Å². The van der Waals surface area contributed by atoms with Crippen LogP contribution < -0.4 is 5.56 Å². The molecule has 0 radical (unpaired) electrons. The second-order valence-corrected chi connectivity index (χ2v) is 7.82. The van der Waals surface area contributed by atoms with Crippen LogP contribution in [0.15, 0.2) is 57.8 Å². The van der Waals surface area contributed by atoms with Crippen molar-refractivity contribution in [2.24, 2.45) is 5.92 Å². The smallest absolute Gasteiger partial charge is 0.276 e. The van der Waals surface area contributed by atoms with E-state index in [2.05, 4.69) is 11.2 Å². The molecule has 28 heavy (non-hydrogen) atoms. The van der Waals surface area contributed by atoms with Gasteiger partial charge in [0.05, 0.1) is 0 Å². The maximum Gasteiger partial charge on any atom is 0.276 e. The van der Waals surface area contributed by atoms with Gasteiger partial charge in [-0.3, -0.25) is 9.59 Å². The topological polar surface area (TPSA) is 68.3 Å². The van der Waals surface area contributed by atoms with Gasteiger partial charge in [-0.1, -0.05) is 35.5 Å². The predicted octanol–water partition coefficient (Wildman–Crippen LogP) is 3.07. The monoisotopic (exact) mass is 375 g/mol. The van der Waals surface area contributed by atoms with Crippen LogP contribution in [-0.2, 0) is 6.54 Å². The molecule has 5 rings (SSSR count). The summed E-state index contributed by atoms with van der Waals surface area (Å²) in [7, 11) is 0. The molecule has 1 fully saturated rings. The van der Waals surface area contributed by atoms with Gasteiger partial charge in [0.25, 0.3) is 11.5 Å². The average molecular weight is 375 g/mol. The first-order valence-electron chi connectivity index (χ1n) is 9.61. The van der Waals surface area contributed by atoms with Crippen molar-refractivity contribution < 1.29 is 9.32 Å². The minimum atomic E-state index is -0.0958. The highest BCUT2D eigenvalue weighted by Gasteiger charge is 2.37. The van der Waals surface area contributed by atoms with E-state index in [1.807, 2.05) is 39.8 Å². The summed E-state index contributed by atoms with van der Waals surface area (Å²) in [6.07, 6.45) is 0.999. The second kappa shape index (κ2) is 6.48. The summed E-state index contributed by atoms with van der Waals surface area (Å²) in [6, 6.07) is 15.5.